The number of anilines is 1. The Hall–Kier alpha value is -1.98. The van der Waals surface area contributed by atoms with Crippen LogP contribution in [0.25, 0.3) is 0 Å². The summed E-state index contributed by atoms with van der Waals surface area (Å²) in [6.07, 6.45) is 3.35. The van der Waals surface area contributed by atoms with Crippen molar-refractivity contribution in [1.29, 1.82) is 0 Å². The van der Waals surface area contributed by atoms with Crippen molar-refractivity contribution in [2.24, 2.45) is 0 Å². The lowest BCUT2D eigenvalue weighted by molar-refractivity contribution is 0.0670. The van der Waals surface area contributed by atoms with Gasteiger partial charge in [0.2, 0.25) is 0 Å². The van der Waals surface area contributed by atoms with E-state index in [9.17, 15) is 13.2 Å². The fourth-order valence-electron chi connectivity index (χ4n) is 2.42. The highest BCUT2D eigenvalue weighted by Crippen LogP contribution is 2.30. The molecule has 100 valence electrons. The molecule has 0 fully saturated rings. The maximum Gasteiger partial charge on any atom is 0.319 e. The Morgan fingerprint density at radius 2 is 2.16 bits per heavy atom. The second kappa shape index (κ2) is 4.60. The Kier molecular flexibility index (Phi) is 2.93. The first kappa shape index (κ1) is 12.1. The van der Waals surface area contributed by atoms with E-state index in [2.05, 4.69) is 4.98 Å². The average Bonchev–Trinajstić information content (AvgIpc) is 2.97. The van der Waals surface area contributed by atoms with Crippen molar-refractivity contribution in [2.75, 3.05) is 11.4 Å². The topological polar surface area (TPSA) is 21.1 Å². The van der Waals surface area contributed by atoms with Crippen molar-refractivity contribution in [1.82, 2.24) is 9.55 Å². The molecule has 0 amide bonds. The van der Waals surface area contributed by atoms with Gasteiger partial charge >= 0.3 is 6.55 Å². The van der Waals surface area contributed by atoms with Gasteiger partial charge in [-0.15, -0.1) is 0 Å². The van der Waals surface area contributed by atoms with Gasteiger partial charge in [-0.3, -0.25) is 4.57 Å². The Balaban J connectivity index is 1.85. The first-order chi connectivity index (χ1) is 9.15. The van der Waals surface area contributed by atoms with Crippen molar-refractivity contribution in [2.45, 2.75) is 19.5 Å². The van der Waals surface area contributed by atoms with Gasteiger partial charge < -0.3 is 4.90 Å². The number of nitrogens with zero attached hydrogens (tertiary/aromatic N) is 3. The van der Waals surface area contributed by atoms with E-state index in [0.29, 0.717) is 18.9 Å². The minimum atomic E-state index is -2.59. The molecule has 6 heteroatoms. The molecule has 0 aliphatic carbocycles. The Morgan fingerprint density at radius 3 is 2.95 bits per heavy atom. The van der Waals surface area contributed by atoms with Crippen LogP contribution < -0.4 is 4.90 Å². The maximum atomic E-state index is 13.1. The van der Waals surface area contributed by atoms with Crippen LogP contribution in [0.3, 0.4) is 0 Å². The molecular weight excluding hydrogens is 255 g/mol. The third-order valence-electron chi connectivity index (χ3n) is 3.32. The van der Waals surface area contributed by atoms with Gasteiger partial charge in [0.15, 0.2) is 0 Å². The van der Waals surface area contributed by atoms with Crippen LogP contribution in [0.4, 0.5) is 18.9 Å². The number of halogens is 3. The second-order valence-corrected chi connectivity index (χ2v) is 4.47. The van der Waals surface area contributed by atoms with Crippen molar-refractivity contribution < 1.29 is 13.2 Å². The lowest BCUT2D eigenvalue weighted by Crippen LogP contribution is -2.22. The van der Waals surface area contributed by atoms with Crippen molar-refractivity contribution in [3.8, 4) is 0 Å². The number of fused-ring (bicyclic) bond motifs is 1. The average molecular weight is 267 g/mol. The van der Waals surface area contributed by atoms with Gasteiger partial charge in [-0.2, -0.15) is 8.78 Å². The zero-order chi connectivity index (χ0) is 13.4. The minimum Gasteiger partial charge on any atom is -0.363 e. The molecule has 1 aromatic heterocycles. The third-order valence-corrected chi connectivity index (χ3v) is 3.32. The third kappa shape index (κ3) is 2.18. The number of hydrogen-bond acceptors (Lipinski definition) is 2. The molecule has 0 unspecified atom stereocenters. The van der Waals surface area contributed by atoms with E-state index < -0.39 is 6.55 Å². The first-order valence-corrected chi connectivity index (χ1v) is 5.98. The van der Waals surface area contributed by atoms with Crippen molar-refractivity contribution >= 4 is 5.69 Å². The van der Waals surface area contributed by atoms with Gasteiger partial charge in [0.1, 0.15) is 11.6 Å². The molecule has 1 aliphatic heterocycles. The predicted molar refractivity (Wildman–Crippen MR) is 64.6 cm³/mol. The number of imidazole rings is 1. The molecule has 3 rings (SSSR count). The van der Waals surface area contributed by atoms with Gasteiger partial charge in [-0.1, -0.05) is 0 Å². The van der Waals surface area contributed by atoms with E-state index in [-0.39, 0.29) is 5.82 Å². The maximum absolute atomic E-state index is 13.1. The molecule has 0 atom stereocenters. The standard InChI is InChI=1S/C13H12F3N3/c14-10-1-2-11-9(7-10)3-5-18(11)8-12-17-4-6-19(12)13(15)16/h1-2,4,6-7,13H,3,5,8H2. The fraction of sp³-hybridized carbons (Fsp3) is 0.308. The summed E-state index contributed by atoms with van der Waals surface area (Å²) in [6.45, 7) is -1.60. The summed E-state index contributed by atoms with van der Waals surface area (Å²) < 4.78 is 39.4. The van der Waals surface area contributed by atoms with Gasteiger partial charge in [0.05, 0.1) is 6.54 Å². The molecular formula is C13H12F3N3. The smallest absolute Gasteiger partial charge is 0.319 e. The first-order valence-electron chi connectivity index (χ1n) is 5.98. The largest absolute Gasteiger partial charge is 0.363 e. The fourth-order valence-corrected chi connectivity index (χ4v) is 2.42. The van der Waals surface area contributed by atoms with Crippen molar-refractivity contribution in [3.63, 3.8) is 0 Å². The molecule has 1 aromatic carbocycles. The summed E-state index contributed by atoms with van der Waals surface area (Å²) in [4.78, 5) is 5.90. The molecule has 0 spiro atoms. The van der Waals surface area contributed by atoms with Crippen LogP contribution in [-0.2, 0) is 13.0 Å². The molecule has 0 bridgehead atoms. The van der Waals surface area contributed by atoms with Gasteiger partial charge in [-0.25, -0.2) is 9.37 Å². The number of rotatable bonds is 3. The van der Waals surface area contributed by atoms with Crippen LogP contribution in [-0.4, -0.2) is 16.1 Å². The van der Waals surface area contributed by atoms with Crippen LogP contribution in [0.2, 0.25) is 0 Å². The Bertz CT molecular complexity index is 595. The summed E-state index contributed by atoms with van der Waals surface area (Å²) >= 11 is 0. The van der Waals surface area contributed by atoms with E-state index in [1.54, 1.807) is 6.07 Å². The van der Waals surface area contributed by atoms with Gasteiger partial charge in [-0.05, 0) is 30.2 Å². The molecule has 0 N–H and O–H groups in total. The number of hydrogen-bond donors (Lipinski definition) is 0. The minimum absolute atomic E-state index is 0.269. The van der Waals surface area contributed by atoms with E-state index in [1.165, 1.54) is 24.5 Å². The normalized spacial score (nSPS) is 14.2. The molecule has 2 aromatic rings. The quantitative estimate of drug-likeness (QED) is 0.852. The summed E-state index contributed by atoms with van der Waals surface area (Å²) in [7, 11) is 0. The molecule has 0 saturated carbocycles. The predicted octanol–water partition coefficient (Wildman–Crippen LogP) is 2.98. The zero-order valence-electron chi connectivity index (χ0n) is 10.1. The summed E-state index contributed by atoms with van der Waals surface area (Å²) in [6, 6.07) is 4.57. The summed E-state index contributed by atoms with van der Waals surface area (Å²) in [5.41, 5.74) is 1.81. The molecule has 3 nitrogen and oxygen atoms in total. The number of aromatic nitrogens is 2. The van der Waals surface area contributed by atoms with Crippen LogP contribution in [0, 0.1) is 5.82 Å². The van der Waals surface area contributed by atoms with E-state index in [0.717, 1.165) is 22.2 Å². The van der Waals surface area contributed by atoms with Crippen LogP contribution in [0.15, 0.2) is 30.6 Å². The van der Waals surface area contributed by atoms with Crippen LogP contribution in [0.1, 0.15) is 17.9 Å². The van der Waals surface area contributed by atoms with Gasteiger partial charge in [0, 0.05) is 24.6 Å². The molecule has 2 heterocycles. The second-order valence-electron chi connectivity index (χ2n) is 4.47. The monoisotopic (exact) mass is 267 g/mol. The SMILES string of the molecule is Fc1ccc2c(c1)CCN2Cc1nccn1C(F)F. The van der Waals surface area contributed by atoms with Gasteiger partial charge in [0.25, 0.3) is 0 Å². The lowest BCUT2D eigenvalue weighted by Gasteiger charge is -2.19. The highest BCUT2D eigenvalue weighted by molar-refractivity contribution is 5.57. The lowest BCUT2D eigenvalue weighted by atomic mass is 10.2. The highest BCUT2D eigenvalue weighted by Gasteiger charge is 2.22. The number of alkyl halides is 2. The van der Waals surface area contributed by atoms with E-state index >= 15 is 0 Å². The van der Waals surface area contributed by atoms with E-state index in [4.69, 9.17) is 0 Å². The summed E-state index contributed by atoms with van der Waals surface area (Å²) in [5, 5.41) is 0. The molecule has 0 saturated heterocycles. The molecule has 0 radical (unpaired) electrons. The highest BCUT2D eigenvalue weighted by atomic mass is 19.3. The van der Waals surface area contributed by atoms with Crippen LogP contribution >= 0.6 is 0 Å². The Morgan fingerprint density at radius 1 is 1.32 bits per heavy atom. The summed E-state index contributed by atoms with van der Waals surface area (Å²) in [5.74, 6) is 0.0434. The molecule has 19 heavy (non-hydrogen) atoms. The Labute approximate surface area is 108 Å². The number of benzene rings is 1. The van der Waals surface area contributed by atoms with Crippen LogP contribution in [0.5, 0.6) is 0 Å². The van der Waals surface area contributed by atoms with Crippen molar-refractivity contribution in [3.05, 3.63) is 47.8 Å². The zero-order valence-corrected chi connectivity index (χ0v) is 10.1. The molecule has 1 aliphatic rings. The van der Waals surface area contributed by atoms with E-state index in [1.807, 2.05) is 4.90 Å².